The monoisotopic (exact) mass is 269 g/mol. The Kier molecular flexibility index (Phi) is 6.27. The second-order valence-electron chi connectivity index (χ2n) is 6.77. The third-order valence-corrected chi connectivity index (χ3v) is 4.23. The standard InChI is InChI=1S/C15H31N3O/c1-12(2)10-13(18(4)5)11-17-14(19)15(3)6-8-16-9-7-15/h12-13,16H,6-11H2,1-5H3,(H,17,19). The van der Waals surface area contributed by atoms with Gasteiger partial charge in [-0.1, -0.05) is 20.8 Å². The zero-order valence-corrected chi connectivity index (χ0v) is 13.3. The molecule has 0 aromatic heterocycles. The second kappa shape index (κ2) is 7.25. The Morgan fingerprint density at radius 1 is 1.32 bits per heavy atom. The van der Waals surface area contributed by atoms with Gasteiger partial charge in [-0.05, 0) is 52.4 Å². The number of amides is 1. The molecular weight excluding hydrogens is 238 g/mol. The summed E-state index contributed by atoms with van der Waals surface area (Å²) in [7, 11) is 4.18. The van der Waals surface area contributed by atoms with Gasteiger partial charge in [-0.2, -0.15) is 0 Å². The van der Waals surface area contributed by atoms with Gasteiger partial charge >= 0.3 is 0 Å². The van der Waals surface area contributed by atoms with Crippen LogP contribution in [0.4, 0.5) is 0 Å². The Morgan fingerprint density at radius 2 is 1.89 bits per heavy atom. The van der Waals surface area contributed by atoms with E-state index in [0.29, 0.717) is 12.0 Å². The van der Waals surface area contributed by atoms with Crippen LogP contribution in [0.5, 0.6) is 0 Å². The highest BCUT2D eigenvalue weighted by molar-refractivity contribution is 5.82. The van der Waals surface area contributed by atoms with Gasteiger partial charge in [-0.25, -0.2) is 0 Å². The fraction of sp³-hybridized carbons (Fsp3) is 0.933. The predicted molar refractivity (Wildman–Crippen MR) is 80.2 cm³/mol. The van der Waals surface area contributed by atoms with Crippen molar-refractivity contribution in [2.45, 2.75) is 46.1 Å². The summed E-state index contributed by atoms with van der Waals surface area (Å²) < 4.78 is 0. The summed E-state index contributed by atoms with van der Waals surface area (Å²) in [6, 6.07) is 0.425. The lowest BCUT2D eigenvalue weighted by Gasteiger charge is -2.34. The lowest BCUT2D eigenvalue weighted by Crippen LogP contribution is -2.49. The van der Waals surface area contributed by atoms with Crippen LogP contribution in [-0.2, 0) is 4.79 Å². The average Bonchev–Trinajstić information content (AvgIpc) is 2.34. The van der Waals surface area contributed by atoms with Crippen LogP contribution in [0.3, 0.4) is 0 Å². The van der Waals surface area contributed by atoms with Gasteiger partial charge in [0.25, 0.3) is 0 Å². The molecule has 1 fully saturated rings. The molecular formula is C15H31N3O. The summed E-state index contributed by atoms with van der Waals surface area (Å²) in [5.74, 6) is 0.878. The minimum absolute atomic E-state index is 0.181. The van der Waals surface area contributed by atoms with Crippen LogP contribution < -0.4 is 10.6 Å². The first kappa shape index (κ1) is 16.4. The van der Waals surface area contributed by atoms with Crippen molar-refractivity contribution in [3.63, 3.8) is 0 Å². The maximum Gasteiger partial charge on any atom is 0.226 e. The molecule has 0 bridgehead atoms. The first-order valence-corrected chi connectivity index (χ1v) is 7.50. The molecule has 1 amide bonds. The quantitative estimate of drug-likeness (QED) is 0.767. The van der Waals surface area contributed by atoms with Crippen LogP contribution in [0.1, 0.15) is 40.0 Å². The number of hydrogen-bond acceptors (Lipinski definition) is 3. The van der Waals surface area contributed by atoms with Crippen molar-refractivity contribution < 1.29 is 4.79 Å². The zero-order chi connectivity index (χ0) is 14.5. The first-order valence-electron chi connectivity index (χ1n) is 7.50. The van der Waals surface area contributed by atoms with Crippen molar-refractivity contribution in [3.05, 3.63) is 0 Å². The van der Waals surface area contributed by atoms with Gasteiger partial charge < -0.3 is 15.5 Å². The molecule has 1 aliphatic heterocycles. The van der Waals surface area contributed by atoms with Gasteiger partial charge in [-0.3, -0.25) is 4.79 Å². The molecule has 19 heavy (non-hydrogen) atoms. The van der Waals surface area contributed by atoms with E-state index in [0.717, 1.165) is 38.9 Å². The van der Waals surface area contributed by atoms with Gasteiger partial charge in [0, 0.05) is 18.0 Å². The lowest BCUT2D eigenvalue weighted by atomic mass is 9.80. The van der Waals surface area contributed by atoms with Crippen molar-refractivity contribution in [2.24, 2.45) is 11.3 Å². The highest BCUT2D eigenvalue weighted by Crippen LogP contribution is 2.27. The molecule has 0 aromatic carbocycles. The largest absolute Gasteiger partial charge is 0.354 e. The summed E-state index contributed by atoms with van der Waals surface area (Å²) in [6.07, 6.45) is 3.00. The summed E-state index contributed by atoms with van der Waals surface area (Å²) in [4.78, 5) is 14.6. The van der Waals surface area contributed by atoms with Crippen molar-refractivity contribution in [2.75, 3.05) is 33.7 Å². The number of carbonyl (C=O) groups is 1. The lowest BCUT2D eigenvalue weighted by molar-refractivity contribution is -0.131. The molecule has 1 rings (SSSR count). The van der Waals surface area contributed by atoms with Crippen molar-refractivity contribution in [3.8, 4) is 0 Å². The molecule has 112 valence electrons. The van der Waals surface area contributed by atoms with E-state index in [1.54, 1.807) is 0 Å². The Hall–Kier alpha value is -0.610. The van der Waals surface area contributed by atoms with E-state index in [9.17, 15) is 4.79 Å². The van der Waals surface area contributed by atoms with Gasteiger partial charge in [0.2, 0.25) is 5.91 Å². The van der Waals surface area contributed by atoms with Crippen LogP contribution >= 0.6 is 0 Å². The van der Waals surface area contributed by atoms with Crippen LogP contribution in [0.15, 0.2) is 0 Å². The maximum atomic E-state index is 12.4. The molecule has 1 heterocycles. The van der Waals surface area contributed by atoms with Gasteiger partial charge in [0.15, 0.2) is 0 Å². The summed E-state index contributed by atoms with van der Waals surface area (Å²) in [5.41, 5.74) is -0.181. The number of carbonyl (C=O) groups excluding carboxylic acids is 1. The number of rotatable bonds is 6. The smallest absolute Gasteiger partial charge is 0.226 e. The minimum Gasteiger partial charge on any atom is -0.354 e. The number of likely N-dealkylation sites (N-methyl/N-ethyl adjacent to an activating group) is 1. The fourth-order valence-corrected chi connectivity index (χ4v) is 2.65. The number of piperidine rings is 1. The van der Waals surface area contributed by atoms with Gasteiger partial charge in [0.1, 0.15) is 0 Å². The minimum atomic E-state index is -0.181. The molecule has 1 atom stereocenters. The van der Waals surface area contributed by atoms with Crippen LogP contribution in [0.2, 0.25) is 0 Å². The molecule has 0 spiro atoms. The number of hydrogen-bond donors (Lipinski definition) is 2. The Morgan fingerprint density at radius 3 is 2.37 bits per heavy atom. The molecule has 4 nitrogen and oxygen atoms in total. The summed E-state index contributed by atoms with van der Waals surface area (Å²) >= 11 is 0. The van der Waals surface area contributed by atoms with Crippen molar-refractivity contribution >= 4 is 5.91 Å². The Bertz CT molecular complexity index is 283. The van der Waals surface area contributed by atoms with Crippen molar-refractivity contribution in [1.29, 1.82) is 0 Å². The molecule has 0 radical (unpaired) electrons. The SMILES string of the molecule is CC(C)CC(CNC(=O)C1(C)CCNCC1)N(C)C. The average molecular weight is 269 g/mol. The number of nitrogens with zero attached hydrogens (tertiary/aromatic N) is 1. The molecule has 0 aromatic rings. The topological polar surface area (TPSA) is 44.4 Å². The van der Waals surface area contributed by atoms with Crippen LogP contribution in [0, 0.1) is 11.3 Å². The van der Waals surface area contributed by atoms with E-state index in [1.807, 2.05) is 0 Å². The zero-order valence-electron chi connectivity index (χ0n) is 13.3. The normalized spacial score (nSPS) is 20.6. The van der Waals surface area contributed by atoms with E-state index in [2.05, 4.69) is 50.4 Å². The van der Waals surface area contributed by atoms with Crippen LogP contribution in [-0.4, -0.2) is 50.6 Å². The summed E-state index contributed by atoms with van der Waals surface area (Å²) in [5, 5.41) is 6.49. The van der Waals surface area contributed by atoms with Crippen molar-refractivity contribution in [1.82, 2.24) is 15.5 Å². The highest BCUT2D eigenvalue weighted by Gasteiger charge is 2.34. The number of nitrogens with one attached hydrogen (secondary N) is 2. The summed E-state index contributed by atoms with van der Waals surface area (Å²) in [6.45, 7) is 9.21. The fourth-order valence-electron chi connectivity index (χ4n) is 2.65. The van der Waals surface area contributed by atoms with Gasteiger partial charge in [0.05, 0.1) is 0 Å². The predicted octanol–water partition coefficient (Wildman–Crippen LogP) is 1.47. The molecule has 0 aliphatic carbocycles. The molecule has 1 unspecified atom stereocenters. The van der Waals surface area contributed by atoms with E-state index < -0.39 is 0 Å². The maximum absolute atomic E-state index is 12.4. The molecule has 1 saturated heterocycles. The van der Waals surface area contributed by atoms with E-state index in [1.165, 1.54) is 0 Å². The molecule has 4 heteroatoms. The molecule has 0 saturated carbocycles. The first-order chi connectivity index (χ1) is 8.85. The van der Waals surface area contributed by atoms with Gasteiger partial charge in [-0.15, -0.1) is 0 Å². The molecule has 2 N–H and O–H groups in total. The highest BCUT2D eigenvalue weighted by atomic mass is 16.2. The van der Waals surface area contributed by atoms with E-state index in [4.69, 9.17) is 0 Å². The molecule has 1 aliphatic rings. The third kappa shape index (κ3) is 5.11. The second-order valence-corrected chi connectivity index (χ2v) is 6.77. The Balaban J connectivity index is 2.46. The third-order valence-electron chi connectivity index (χ3n) is 4.23. The van der Waals surface area contributed by atoms with Crippen LogP contribution in [0.25, 0.3) is 0 Å². The van der Waals surface area contributed by atoms with E-state index >= 15 is 0 Å². The van der Waals surface area contributed by atoms with E-state index in [-0.39, 0.29) is 11.3 Å². The Labute approximate surface area is 118 Å².